The highest BCUT2D eigenvalue weighted by molar-refractivity contribution is 6.00. The first-order valence-electron chi connectivity index (χ1n) is 3.06. The fraction of sp³-hybridized carbons (Fsp3) is 0.400. The van der Waals surface area contributed by atoms with Crippen molar-refractivity contribution in [2.45, 2.75) is 12.1 Å². The minimum Gasteiger partial charge on any atom is -0.363 e. The zero-order valence-electron chi connectivity index (χ0n) is 5.39. The number of carbonyl (C=O) groups excluding carboxylic acids is 2. The lowest BCUT2D eigenvalue weighted by molar-refractivity contribution is -0.129. The summed E-state index contributed by atoms with van der Waals surface area (Å²) >= 11 is 0. The Balaban J connectivity index is 2.37. The number of azo groups is 1. The Kier molecular flexibility index (Phi) is 1.09. The van der Waals surface area contributed by atoms with Crippen molar-refractivity contribution in [1.82, 2.24) is 5.32 Å². The van der Waals surface area contributed by atoms with Gasteiger partial charge in [-0.05, 0) is 0 Å². The largest absolute Gasteiger partial charge is 0.363 e. The minimum absolute atomic E-state index is 0.438. The summed E-state index contributed by atoms with van der Waals surface area (Å²) in [5.41, 5.74) is 0. The smallest absolute Gasteiger partial charge is 0.291 e. The maximum atomic E-state index is 10.9. The molecule has 2 atom stereocenters. The number of rotatable bonds is 0. The highest BCUT2D eigenvalue weighted by Crippen LogP contribution is 2.12. The van der Waals surface area contributed by atoms with E-state index in [1.54, 1.807) is 0 Å². The molecule has 2 rings (SSSR count). The number of hydrogen-bond donors (Lipinski definition) is 1. The lowest BCUT2D eigenvalue weighted by Gasteiger charge is -2.13. The van der Waals surface area contributed by atoms with E-state index < -0.39 is 23.9 Å². The first kappa shape index (κ1) is 6.14. The Morgan fingerprint density at radius 2 is 2.00 bits per heavy atom. The maximum Gasteiger partial charge on any atom is 0.291 e. The first-order chi connectivity index (χ1) is 5.29. The summed E-state index contributed by atoms with van der Waals surface area (Å²) in [4.78, 5) is 25.4. The quantitative estimate of drug-likeness (QED) is 0.477. The van der Waals surface area contributed by atoms with E-state index in [1.807, 2.05) is 0 Å². The number of amides is 2. The van der Waals surface area contributed by atoms with E-state index in [2.05, 4.69) is 20.5 Å². The van der Waals surface area contributed by atoms with Gasteiger partial charge in [-0.1, -0.05) is 0 Å². The minimum atomic E-state index is -0.681. The average Bonchev–Trinajstić information content (AvgIpc) is 2.45. The molecule has 1 N–H and O–H groups in total. The predicted octanol–water partition coefficient (Wildman–Crippen LogP) is -1.13. The Labute approximate surface area is 61.4 Å². The van der Waals surface area contributed by atoms with Crippen molar-refractivity contribution in [3.8, 4) is 0 Å². The molecule has 0 bridgehead atoms. The van der Waals surface area contributed by atoms with Crippen molar-refractivity contribution in [1.29, 1.82) is 0 Å². The fourth-order valence-electron chi connectivity index (χ4n) is 1.01. The van der Waals surface area contributed by atoms with E-state index in [0.29, 0.717) is 0 Å². The molecule has 11 heavy (non-hydrogen) atoms. The number of nitrogens with zero attached hydrogens (tertiary/aromatic N) is 3. The molecular weight excluding hydrogens is 148 g/mol. The summed E-state index contributed by atoms with van der Waals surface area (Å²) in [7, 11) is 0. The molecule has 0 aromatic rings. The van der Waals surface area contributed by atoms with Crippen LogP contribution in [0.5, 0.6) is 0 Å². The fourth-order valence-corrected chi connectivity index (χ4v) is 1.01. The molecule has 2 unspecified atom stereocenters. The number of carbonyl (C=O) groups is 2. The van der Waals surface area contributed by atoms with Gasteiger partial charge in [0, 0.05) is 0 Å². The third kappa shape index (κ3) is 0.754. The molecular formula is C5H4N4O2. The second-order valence-electron chi connectivity index (χ2n) is 2.24. The summed E-state index contributed by atoms with van der Waals surface area (Å²) < 4.78 is 0. The van der Waals surface area contributed by atoms with Gasteiger partial charge in [0.1, 0.15) is 6.04 Å². The van der Waals surface area contributed by atoms with Crippen molar-refractivity contribution in [3.05, 3.63) is 0 Å². The molecule has 0 saturated carbocycles. The molecule has 0 spiro atoms. The first-order valence-corrected chi connectivity index (χ1v) is 3.06. The van der Waals surface area contributed by atoms with E-state index in [-0.39, 0.29) is 0 Å². The second-order valence-corrected chi connectivity index (χ2v) is 2.24. The standard InChI is InChI=1S/C5H4N4O2/c10-4-2-3(7-1-6-2)5(11)9-8-4/h1-3H,(H,6,7). The van der Waals surface area contributed by atoms with Crippen LogP contribution < -0.4 is 5.32 Å². The van der Waals surface area contributed by atoms with E-state index in [0.717, 1.165) is 0 Å². The van der Waals surface area contributed by atoms with Gasteiger partial charge in [-0.3, -0.25) is 14.6 Å². The lowest BCUT2D eigenvalue weighted by atomic mass is 10.1. The zero-order valence-corrected chi connectivity index (χ0v) is 5.39. The molecule has 0 aromatic heterocycles. The number of hydrogen-bond acceptors (Lipinski definition) is 4. The zero-order chi connectivity index (χ0) is 7.84. The molecule has 0 fully saturated rings. The van der Waals surface area contributed by atoms with Gasteiger partial charge in [-0.25, -0.2) is 0 Å². The molecule has 2 aliphatic heterocycles. The molecule has 2 amide bonds. The van der Waals surface area contributed by atoms with Gasteiger partial charge in [0.15, 0.2) is 6.04 Å². The van der Waals surface area contributed by atoms with Crippen LogP contribution in [-0.4, -0.2) is 30.2 Å². The monoisotopic (exact) mass is 152 g/mol. The molecule has 0 saturated heterocycles. The van der Waals surface area contributed by atoms with Crippen LogP contribution in [0, 0.1) is 0 Å². The molecule has 0 aliphatic carbocycles. The van der Waals surface area contributed by atoms with Crippen molar-refractivity contribution >= 4 is 18.2 Å². The van der Waals surface area contributed by atoms with E-state index in [9.17, 15) is 9.59 Å². The van der Waals surface area contributed by atoms with Crippen molar-refractivity contribution in [3.63, 3.8) is 0 Å². The molecule has 2 heterocycles. The second kappa shape index (κ2) is 1.94. The van der Waals surface area contributed by atoms with Crippen LogP contribution in [0.25, 0.3) is 0 Å². The molecule has 0 radical (unpaired) electrons. The van der Waals surface area contributed by atoms with E-state index >= 15 is 0 Å². The highest BCUT2D eigenvalue weighted by Gasteiger charge is 2.39. The Hall–Kier alpha value is -1.59. The van der Waals surface area contributed by atoms with Crippen molar-refractivity contribution < 1.29 is 9.59 Å². The Morgan fingerprint density at radius 3 is 2.73 bits per heavy atom. The van der Waals surface area contributed by atoms with Crippen LogP contribution in [0.3, 0.4) is 0 Å². The Morgan fingerprint density at radius 1 is 1.27 bits per heavy atom. The summed E-state index contributed by atoms with van der Waals surface area (Å²) in [5, 5.41) is 8.91. The van der Waals surface area contributed by atoms with Gasteiger partial charge < -0.3 is 5.32 Å². The predicted molar refractivity (Wildman–Crippen MR) is 34.1 cm³/mol. The number of aliphatic imine (C=N–C) groups is 1. The van der Waals surface area contributed by atoms with Crippen LogP contribution in [0.4, 0.5) is 0 Å². The molecule has 6 nitrogen and oxygen atoms in total. The molecule has 2 aliphatic rings. The van der Waals surface area contributed by atoms with Gasteiger partial charge in [0.2, 0.25) is 0 Å². The normalized spacial score (nSPS) is 33.8. The van der Waals surface area contributed by atoms with Crippen LogP contribution >= 0.6 is 0 Å². The summed E-state index contributed by atoms with van der Waals surface area (Å²) in [6.07, 6.45) is 1.33. The molecule has 56 valence electrons. The van der Waals surface area contributed by atoms with Crippen LogP contribution in [0.2, 0.25) is 0 Å². The molecule has 0 aromatic carbocycles. The van der Waals surface area contributed by atoms with Crippen molar-refractivity contribution in [2.75, 3.05) is 0 Å². The highest BCUT2D eigenvalue weighted by atomic mass is 16.2. The van der Waals surface area contributed by atoms with Gasteiger partial charge in [0.25, 0.3) is 11.8 Å². The third-order valence-corrected chi connectivity index (χ3v) is 1.57. The van der Waals surface area contributed by atoms with Crippen molar-refractivity contribution in [2.24, 2.45) is 15.2 Å². The number of fused-ring (bicyclic) bond motifs is 1. The maximum absolute atomic E-state index is 10.9. The topological polar surface area (TPSA) is 83.2 Å². The third-order valence-electron chi connectivity index (χ3n) is 1.57. The summed E-state index contributed by atoms with van der Waals surface area (Å²) in [5.74, 6) is -0.900. The number of nitrogens with one attached hydrogen (secondary N) is 1. The van der Waals surface area contributed by atoms with Crippen LogP contribution in [0.15, 0.2) is 15.2 Å². The molecule has 6 heteroatoms. The Bertz CT molecular complexity index is 282. The summed E-state index contributed by atoms with van der Waals surface area (Å²) in [6, 6.07) is -1.29. The summed E-state index contributed by atoms with van der Waals surface area (Å²) in [6.45, 7) is 0. The van der Waals surface area contributed by atoms with Gasteiger partial charge in [-0.2, -0.15) is 0 Å². The van der Waals surface area contributed by atoms with Gasteiger partial charge in [-0.15, -0.1) is 10.2 Å². The van der Waals surface area contributed by atoms with Gasteiger partial charge >= 0.3 is 0 Å². The van der Waals surface area contributed by atoms with E-state index in [4.69, 9.17) is 0 Å². The van der Waals surface area contributed by atoms with Crippen LogP contribution in [-0.2, 0) is 9.59 Å². The SMILES string of the molecule is O=C1N=NC(=O)C2NC=NC12. The van der Waals surface area contributed by atoms with Crippen LogP contribution in [0.1, 0.15) is 0 Å². The van der Waals surface area contributed by atoms with E-state index in [1.165, 1.54) is 6.34 Å². The average molecular weight is 152 g/mol. The lowest BCUT2D eigenvalue weighted by Crippen LogP contribution is -2.44. The van der Waals surface area contributed by atoms with Gasteiger partial charge in [0.05, 0.1) is 6.34 Å².